The van der Waals surface area contributed by atoms with Gasteiger partial charge in [-0.05, 0) is 30.3 Å². The number of benzene rings is 1. The molecule has 2 rings (SSSR count). The van der Waals surface area contributed by atoms with Gasteiger partial charge < -0.3 is 5.73 Å². The predicted octanol–water partition coefficient (Wildman–Crippen LogP) is 0.143. The SMILES string of the molecule is Nc1ccc(S(=O)(=O)NC2=CC(Cl)=C(S(N)(=O)=O)C(=O)C2)cc1. The van der Waals surface area contributed by atoms with E-state index in [0.29, 0.717) is 5.69 Å². The van der Waals surface area contributed by atoms with Gasteiger partial charge in [-0.1, -0.05) is 11.6 Å². The smallest absolute Gasteiger partial charge is 0.261 e. The number of primary sulfonamides is 1. The molecule has 0 heterocycles. The van der Waals surface area contributed by atoms with Crippen LogP contribution in [0.3, 0.4) is 0 Å². The van der Waals surface area contributed by atoms with Crippen LogP contribution in [0.5, 0.6) is 0 Å². The minimum Gasteiger partial charge on any atom is -0.399 e. The van der Waals surface area contributed by atoms with Crippen molar-refractivity contribution in [3.8, 4) is 0 Å². The molecule has 1 aromatic rings. The second-order valence-electron chi connectivity index (χ2n) is 4.67. The van der Waals surface area contributed by atoms with Crippen molar-refractivity contribution in [3.05, 3.63) is 46.0 Å². The molecule has 5 N–H and O–H groups in total. The zero-order valence-corrected chi connectivity index (χ0v) is 13.9. The quantitative estimate of drug-likeness (QED) is 0.635. The molecule has 0 bridgehead atoms. The number of halogens is 1. The van der Waals surface area contributed by atoms with E-state index >= 15 is 0 Å². The third-order valence-electron chi connectivity index (χ3n) is 2.86. The van der Waals surface area contributed by atoms with Gasteiger partial charge in [-0.25, -0.2) is 22.0 Å². The summed E-state index contributed by atoms with van der Waals surface area (Å²) in [6.07, 6.45) is 0.549. The average Bonchev–Trinajstić information content (AvgIpc) is 2.35. The van der Waals surface area contributed by atoms with Gasteiger partial charge in [0.15, 0.2) is 5.78 Å². The van der Waals surface area contributed by atoms with Crippen molar-refractivity contribution >= 4 is 43.1 Å². The lowest BCUT2D eigenvalue weighted by Gasteiger charge is -2.16. The number of carbonyl (C=O) groups is 1. The number of sulfonamides is 2. The van der Waals surface area contributed by atoms with Crippen LogP contribution in [-0.4, -0.2) is 22.6 Å². The summed E-state index contributed by atoms with van der Waals surface area (Å²) in [6, 6.07) is 5.38. The van der Waals surface area contributed by atoms with Crippen LogP contribution in [0.25, 0.3) is 0 Å². The van der Waals surface area contributed by atoms with E-state index in [1.54, 1.807) is 0 Å². The molecule has 1 aliphatic carbocycles. The minimum atomic E-state index is -4.29. The van der Waals surface area contributed by atoms with Gasteiger partial charge in [0.25, 0.3) is 10.0 Å². The molecule has 0 atom stereocenters. The lowest BCUT2D eigenvalue weighted by atomic mass is 10.1. The van der Waals surface area contributed by atoms with Crippen LogP contribution in [0.15, 0.2) is 50.9 Å². The van der Waals surface area contributed by atoms with Gasteiger partial charge in [0.1, 0.15) is 4.91 Å². The number of allylic oxidation sites excluding steroid dienone is 4. The lowest BCUT2D eigenvalue weighted by Crippen LogP contribution is -2.30. The molecule has 0 fully saturated rings. The van der Waals surface area contributed by atoms with E-state index < -0.39 is 42.2 Å². The number of Topliss-reactive ketones (excluding diaryl/α,β-unsaturated/α-hetero) is 1. The Morgan fingerprint density at radius 1 is 1.09 bits per heavy atom. The van der Waals surface area contributed by atoms with Gasteiger partial charge in [0, 0.05) is 11.4 Å². The van der Waals surface area contributed by atoms with Crippen LogP contribution in [0.1, 0.15) is 6.42 Å². The molecule has 1 aromatic carbocycles. The maximum Gasteiger partial charge on any atom is 0.261 e. The Morgan fingerprint density at radius 3 is 2.13 bits per heavy atom. The fourth-order valence-corrected chi connectivity index (χ4v) is 4.26. The van der Waals surface area contributed by atoms with E-state index in [1.165, 1.54) is 24.3 Å². The van der Waals surface area contributed by atoms with Crippen molar-refractivity contribution in [1.29, 1.82) is 0 Å². The Labute approximate surface area is 137 Å². The first-order valence-electron chi connectivity index (χ1n) is 6.05. The molecule has 124 valence electrons. The van der Waals surface area contributed by atoms with E-state index in [1.807, 2.05) is 0 Å². The summed E-state index contributed by atoms with van der Waals surface area (Å²) in [7, 11) is -8.25. The zero-order valence-electron chi connectivity index (χ0n) is 11.5. The van der Waals surface area contributed by atoms with Gasteiger partial charge in [0.2, 0.25) is 10.0 Å². The Hall–Kier alpha value is -1.88. The number of hydrogen-bond acceptors (Lipinski definition) is 6. The highest BCUT2D eigenvalue weighted by Crippen LogP contribution is 2.26. The van der Waals surface area contributed by atoms with Crippen molar-refractivity contribution in [2.45, 2.75) is 11.3 Å². The lowest BCUT2D eigenvalue weighted by molar-refractivity contribution is -0.114. The third kappa shape index (κ3) is 3.91. The largest absolute Gasteiger partial charge is 0.399 e. The van der Waals surface area contributed by atoms with E-state index in [9.17, 15) is 21.6 Å². The van der Waals surface area contributed by atoms with Gasteiger partial charge in [0.05, 0.1) is 16.3 Å². The molecule has 11 heteroatoms. The summed E-state index contributed by atoms with van der Waals surface area (Å²) < 4.78 is 49.2. The summed E-state index contributed by atoms with van der Waals surface area (Å²) in [5.74, 6) is -0.894. The highest BCUT2D eigenvalue weighted by atomic mass is 35.5. The number of nitrogens with one attached hydrogen (secondary N) is 1. The summed E-state index contributed by atoms with van der Waals surface area (Å²) in [6.45, 7) is 0. The standard InChI is InChI=1S/C12H12ClN3O5S2/c13-10-5-8(6-11(17)12(10)22(15,18)19)16-23(20,21)9-3-1-7(14)2-4-9/h1-5,16H,6,14H2,(H2,15,18,19). The van der Waals surface area contributed by atoms with Crippen molar-refractivity contribution in [3.63, 3.8) is 0 Å². The van der Waals surface area contributed by atoms with Gasteiger partial charge in [-0.2, -0.15) is 0 Å². The van der Waals surface area contributed by atoms with Gasteiger partial charge in [-0.15, -0.1) is 0 Å². The zero-order chi connectivity index (χ0) is 17.4. The van der Waals surface area contributed by atoms with Crippen molar-refractivity contribution in [2.24, 2.45) is 5.14 Å². The first kappa shape index (κ1) is 17.5. The third-order valence-corrected chi connectivity index (χ3v) is 5.71. The maximum atomic E-state index is 12.2. The molecule has 1 aliphatic rings. The molecule has 0 aliphatic heterocycles. The average molecular weight is 378 g/mol. The number of anilines is 1. The maximum absolute atomic E-state index is 12.2. The van der Waals surface area contributed by atoms with E-state index in [2.05, 4.69) is 4.72 Å². The van der Waals surface area contributed by atoms with Crippen molar-refractivity contribution in [1.82, 2.24) is 4.72 Å². The Balaban J connectivity index is 2.36. The highest BCUT2D eigenvalue weighted by Gasteiger charge is 2.30. The van der Waals surface area contributed by atoms with Crippen LogP contribution in [0, 0.1) is 0 Å². The van der Waals surface area contributed by atoms with Crippen molar-refractivity contribution < 1.29 is 21.6 Å². The minimum absolute atomic E-state index is 0.0655. The molecule has 8 nitrogen and oxygen atoms in total. The Kier molecular flexibility index (Phi) is 4.53. The summed E-state index contributed by atoms with van der Waals surface area (Å²) >= 11 is 5.72. The Morgan fingerprint density at radius 2 is 1.65 bits per heavy atom. The first-order chi connectivity index (χ1) is 10.5. The molecule has 0 saturated carbocycles. The van der Waals surface area contributed by atoms with Crippen LogP contribution >= 0.6 is 11.6 Å². The normalized spacial score (nSPS) is 16.3. The van der Waals surface area contributed by atoms with Crippen molar-refractivity contribution in [2.75, 3.05) is 5.73 Å². The van der Waals surface area contributed by atoms with Crippen LogP contribution in [0.2, 0.25) is 0 Å². The van der Waals surface area contributed by atoms with Crippen LogP contribution < -0.4 is 15.6 Å². The van der Waals surface area contributed by atoms with Gasteiger partial charge >= 0.3 is 0 Å². The second-order valence-corrected chi connectivity index (χ2v) is 8.25. The molecular weight excluding hydrogens is 366 g/mol. The fraction of sp³-hybridized carbons (Fsp3) is 0.0833. The highest BCUT2D eigenvalue weighted by molar-refractivity contribution is 7.94. The molecule has 0 spiro atoms. The molecule has 0 saturated heterocycles. The van der Waals surface area contributed by atoms with Gasteiger partial charge in [-0.3, -0.25) is 9.52 Å². The molecule has 23 heavy (non-hydrogen) atoms. The fourth-order valence-electron chi connectivity index (χ4n) is 1.89. The van der Waals surface area contributed by atoms with E-state index in [-0.39, 0.29) is 10.6 Å². The number of ketones is 1. The number of rotatable bonds is 4. The van der Waals surface area contributed by atoms with E-state index in [4.69, 9.17) is 22.5 Å². The number of nitrogens with two attached hydrogens (primary N) is 2. The van der Waals surface area contributed by atoms with Crippen LogP contribution in [-0.2, 0) is 24.8 Å². The monoisotopic (exact) mass is 377 g/mol. The molecule has 0 radical (unpaired) electrons. The topological polar surface area (TPSA) is 149 Å². The number of hydrogen-bond donors (Lipinski definition) is 3. The summed E-state index contributed by atoms with van der Waals surface area (Å²) in [5, 5.41) is 4.45. The van der Waals surface area contributed by atoms with E-state index in [0.717, 1.165) is 6.08 Å². The molecular formula is C12H12ClN3O5S2. The summed E-state index contributed by atoms with van der Waals surface area (Å²) in [5.41, 5.74) is 5.81. The first-order valence-corrected chi connectivity index (χ1v) is 9.46. The molecule has 0 unspecified atom stereocenters. The molecule has 0 amide bonds. The predicted molar refractivity (Wildman–Crippen MR) is 84.9 cm³/mol. The Bertz CT molecular complexity index is 931. The number of nitrogen functional groups attached to an aromatic ring is 1. The van der Waals surface area contributed by atoms with Crippen LogP contribution in [0.4, 0.5) is 5.69 Å². The number of carbonyl (C=O) groups excluding carboxylic acids is 1. The molecule has 0 aromatic heterocycles. The summed E-state index contributed by atoms with van der Waals surface area (Å²) in [4.78, 5) is 11.0. The second kappa shape index (κ2) is 5.96.